The van der Waals surface area contributed by atoms with Crippen molar-refractivity contribution in [3.63, 3.8) is 0 Å². The second-order valence-corrected chi connectivity index (χ2v) is 8.27. The molecular formula is C25H13ClF6N2O4. The predicted octanol–water partition coefficient (Wildman–Crippen LogP) is 5.93. The zero-order valence-corrected chi connectivity index (χ0v) is 19.4. The van der Waals surface area contributed by atoms with Crippen LogP contribution >= 0.6 is 11.6 Å². The summed E-state index contributed by atoms with van der Waals surface area (Å²) < 4.78 is 80.7. The summed E-state index contributed by atoms with van der Waals surface area (Å²) in [5.74, 6) is -3.97. The second kappa shape index (κ2) is 9.60. The van der Waals surface area contributed by atoms with Crippen LogP contribution in [-0.4, -0.2) is 29.3 Å². The quantitative estimate of drug-likeness (QED) is 0.242. The molecule has 196 valence electrons. The number of hydrogen-bond acceptors (Lipinski definition) is 4. The standard InChI is InChI=1S/C25H13ClF6N2O4/c26-10-18(35)33-11-7-8-12-15(9-11)21(36)13-3-2-6-17(19(13)22(12)37)34-23(38)14-4-1-5-16(24(27,28)29)20(14)25(30,31)32/h1-9H,10H2,(H,33,35)(H,34,38). The maximum atomic E-state index is 13.6. The molecule has 38 heavy (non-hydrogen) atoms. The molecular weight excluding hydrogens is 542 g/mol. The van der Waals surface area contributed by atoms with Crippen molar-refractivity contribution < 1.29 is 45.5 Å². The Morgan fingerprint density at radius 3 is 2.08 bits per heavy atom. The molecule has 0 unspecified atom stereocenters. The highest BCUT2D eigenvalue weighted by Gasteiger charge is 2.46. The fourth-order valence-corrected chi connectivity index (χ4v) is 4.11. The van der Waals surface area contributed by atoms with Crippen molar-refractivity contribution in [2.45, 2.75) is 12.4 Å². The number of carbonyl (C=O) groups is 4. The van der Waals surface area contributed by atoms with E-state index in [0.29, 0.717) is 12.1 Å². The highest BCUT2D eigenvalue weighted by atomic mass is 35.5. The average molecular weight is 555 g/mol. The third kappa shape index (κ3) is 4.86. The van der Waals surface area contributed by atoms with Crippen molar-refractivity contribution in [3.05, 3.63) is 93.5 Å². The van der Waals surface area contributed by atoms with Gasteiger partial charge in [0.15, 0.2) is 11.6 Å². The maximum absolute atomic E-state index is 13.6. The van der Waals surface area contributed by atoms with Gasteiger partial charge in [0.05, 0.1) is 27.9 Å². The molecule has 1 aliphatic rings. The van der Waals surface area contributed by atoms with Crippen molar-refractivity contribution in [2.24, 2.45) is 0 Å². The molecule has 1 aliphatic carbocycles. The summed E-state index contributed by atoms with van der Waals surface area (Å²) in [5, 5.41) is 4.48. The van der Waals surface area contributed by atoms with Crippen LogP contribution in [0.4, 0.5) is 37.7 Å². The van der Waals surface area contributed by atoms with E-state index in [4.69, 9.17) is 11.6 Å². The lowest BCUT2D eigenvalue weighted by molar-refractivity contribution is -0.162. The van der Waals surface area contributed by atoms with Crippen LogP contribution in [0.2, 0.25) is 0 Å². The molecule has 3 aromatic rings. The summed E-state index contributed by atoms with van der Waals surface area (Å²) in [7, 11) is 0. The van der Waals surface area contributed by atoms with Gasteiger partial charge in [-0.1, -0.05) is 18.2 Å². The molecule has 0 atom stereocenters. The molecule has 0 saturated carbocycles. The van der Waals surface area contributed by atoms with Crippen molar-refractivity contribution >= 4 is 46.4 Å². The Hall–Kier alpha value is -4.19. The normalized spacial score (nSPS) is 13.0. The predicted molar refractivity (Wildman–Crippen MR) is 123 cm³/mol. The van der Waals surface area contributed by atoms with Crippen molar-refractivity contribution in [1.82, 2.24) is 0 Å². The van der Waals surface area contributed by atoms with Crippen LogP contribution in [0.3, 0.4) is 0 Å². The third-order valence-corrected chi connectivity index (χ3v) is 5.84. The van der Waals surface area contributed by atoms with Gasteiger partial charge in [0.1, 0.15) is 5.88 Å². The van der Waals surface area contributed by atoms with Gasteiger partial charge in [-0.05, 0) is 36.4 Å². The van der Waals surface area contributed by atoms with Crippen molar-refractivity contribution in [2.75, 3.05) is 16.5 Å². The lowest BCUT2D eigenvalue weighted by atomic mass is 9.83. The molecule has 13 heteroatoms. The fourth-order valence-electron chi connectivity index (χ4n) is 4.05. The lowest BCUT2D eigenvalue weighted by Crippen LogP contribution is -2.26. The Bertz CT molecular complexity index is 1510. The van der Waals surface area contributed by atoms with Crippen LogP contribution in [0, 0.1) is 0 Å². The van der Waals surface area contributed by atoms with Gasteiger partial charge in [-0.25, -0.2) is 0 Å². The first-order valence-corrected chi connectivity index (χ1v) is 11.1. The molecule has 0 aliphatic heterocycles. The zero-order valence-electron chi connectivity index (χ0n) is 18.7. The van der Waals surface area contributed by atoms with Gasteiger partial charge in [0, 0.05) is 22.4 Å². The van der Waals surface area contributed by atoms with E-state index in [9.17, 15) is 45.5 Å². The van der Waals surface area contributed by atoms with E-state index in [-0.39, 0.29) is 45.6 Å². The molecule has 4 rings (SSSR count). The van der Waals surface area contributed by atoms with E-state index in [1.54, 1.807) is 0 Å². The number of amides is 2. The fraction of sp³-hybridized carbons (Fsp3) is 0.120. The molecule has 0 saturated heterocycles. The number of rotatable bonds is 4. The van der Waals surface area contributed by atoms with Gasteiger partial charge in [-0.2, -0.15) is 26.3 Å². The Morgan fingerprint density at radius 1 is 0.763 bits per heavy atom. The minimum atomic E-state index is -5.53. The van der Waals surface area contributed by atoms with E-state index in [0.717, 1.165) is 6.07 Å². The van der Waals surface area contributed by atoms with Crippen LogP contribution in [0.5, 0.6) is 0 Å². The molecule has 2 N–H and O–H groups in total. The molecule has 2 amide bonds. The zero-order chi connectivity index (χ0) is 28.0. The third-order valence-electron chi connectivity index (χ3n) is 5.60. The molecule has 3 aromatic carbocycles. The Kier molecular flexibility index (Phi) is 6.79. The van der Waals surface area contributed by atoms with Gasteiger partial charge in [0.25, 0.3) is 5.91 Å². The monoisotopic (exact) mass is 554 g/mol. The topological polar surface area (TPSA) is 92.3 Å². The SMILES string of the molecule is O=C(CCl)Nc1ccc2c(c1)C(=O)c1cccc(NC(=O)c3cccc(C(F)(F)F)c3C(F)(F)F)c1C2=O. The molecule has 0 bridgehead atoms. The van der Waals surface area contributed by atoms with Crippen LogP contribution in [0.1, 0.15) is 53.3 Å². The van der Waals surface area contributed by atoms with Gasteiger partial charge in [-0.15, -0.1) is 11.6 Å². The van der Waals surface area contributed by atoms with Gasteiger partial charge >= 0.3 is 12.4 Å². The number of alkyl halides is 7. The van der Waals surface area contributed by atoms with Gasteiger partial charge in [0.2, 0.25) is 5.91 Å². The number of ketones is 2. The van der Waals surface area contributed by atoms with Crippen LogP contribution in [0.15, 0.2) is 54.6 Å². The Morgan fingerprint density at radius 2 is 1.45 bits per heavy atom. The Balaban J connectivity index is 1.76. The molecule has 0 heterocycles. The molecule has 0 aromatic heterocycles. The molecule has 0 fully saturated rings. The summed E-state index contributed by atoms with van der Waals surface area (Å²) in [4.78, 5) is 50.8. The lowest BCUT2D eigenvalue weighted by Gasteiger charge is -2.22. The van der Waals surface area contributed by atoms with E-state index >= 15 is 0 Å². The summed E-state index contributed by atoms with van der Waals surface area (Å²) in [6.45, 7) is 0. The minimum absolute atomic E-state index is 0.0874. The van der Waals surface area contributed by atoms with Crippen LogP contribution in [0.25, 0.3) is 0 Å². The second-order valence-electron chi connectivity index (χ2n) is 8.01. The first-order valence-electron chi connectivity index (χ1n) is 10.5. The number of fused-ring (bicyclic) bond motifs is 2. The van der Waals surface area contributed by atoms with E-state index in [1.807, 2.05) is 0 Å². The van der Waals surface area contributed by atoms with E-state index in [2.05, 4.69) is 10.6 Å². The number of carbonyl (C=O) groups excluding carboxylic acids is 4. The van der Waals surface area contributed by atoms with E-state index in [1.165, 1.54) is 30.3 Å². The van der Waals surface area contributed by atoms with Crippen molar-refractivity contribution in [3.8, 4) is 0 Å². The number of nitrogens with one attached hydrogen (secondary N) is 2. The maximum Gasteiger partial charge on any atom is 0.417 e. The summed E-state index contributed by atoms with van der Waals surface area (Å²) in [6, 6.07) is 8.82. The number of hydrogen-bond donors (Lipinski definition) is 2. The molecule has 0 radical (unpaired) electrons. The van der Waals surface area contributed by atoms with Crippen LogP contribution in [-0.2, 0) is 17.1 Å². The summed E-state index contributed by atoms with van der Waals surface area (Å²) in [5.41, 5.74) is -6.52. The Labute approximate surface area is 214 Å². The van der Waals surface area contributed by atoms with E-state index < -0.39 is 52.4 Å². The summed E-state index contributed by atoms with van der Waals surface area (Å²) in [6.07, 6.45) is -10.9. The number of anilines is 2. The largest absolute Gasteiger partial charge is 0.417 e. The van der Waals surface area contributed by atoms with Gasteiger partial charge in [-0.3, -0.25) is 19.2 Å². The highest BCUT2D eigenvalue weighted by Crippen LogP contribution is 2.42. The highest BCUT2D eigenvalue weighted by molar-refractivity contribution is 6.31. The first kappa shape index (κ1) is 26.9. The first-order chi connectivity index (χ1) is 17.7. The minimum Gasteiger partial charge on any atom is -0.325 e. The summed E-state index contributed by atoms with van der Waals surface area (Å²) >= 11 is 5.45. The smallest absolute Gasteiger partial charge is 0.325 e. The number of halogens is 7. The molecule has 6 nitrogen and oxygen atoms in total. The van der Waals surface area contributed by atoms with Gasteiger partial charge < -0.3 is 10.6 Å². The molecule has 0 spiro atoms. The number of benzene rings is 3. The average Bonchev–Trinajstić information content (AvgIpc) is 2.85. The van der Waals surface area contributed by atoms with Crippen molar-refractivity contribution in [1.29, 1.82) is 0 Å². The van der Waals surface area contributed by atoms with Crippen LogP contribution < -0.4 is 10.6 Å².